The highest BCUT2D eigenvalue weighted by molar-refractivity contribution is 7.10. The zero-order valence-corrected chi connectivity index (χ0v) is 17.9. The molecule has 0 aliphatic carbocycles. The molecule has 2 aromatic carbocycles. The van der Waals surface area contributed by atoms with Gasteiger partial charge in [0.2, 0.25) is 5.78 Å². The van der Waals surface area contributed by atoms with E-state index in [1.54, 1.807) is 36.4 Å². The van der Waals surface area contributed by atoms with E-state index in [9.17, 15) is 14.7 Å². The second kappa shape index (κ2) is 7.41. The molecule has 0 spiro atoms. The number of hydrogen-bond donors (Lipinski definition) is 1. The predicted molar refractivity (Wildman–Crippen MR) is 121 cm³/mol. The number of aliphatic hydroxyl groups excluding tert-OH is 1. The van der Waals surface area contributed by atoms with Crippen LogP contribution in [0.4, 0.5) is 5.69 Å². The molecule has 154 valence electrons. The Labute approximate surface area is 186 Å². The van der Waals surface area contributed by atoms with Gasteiger partial charge in [-0.15, -0.1) is 11.3 Å². The van der Waals surface area contributed by atoms with Crippen LogP contribution < -0.4 is 4.90 Å². The third-order valence-corrected chi connectivity index (χ3v) is 6.44. The number of benzene rings is 2. The standard InChI is InChI=1S/C24H16ClNO4S/c1-13-4-7-16(8-5-13)26-21(19-3-2-10-31-19)20(23(28)24(26)29)22(27)18-12-14-11-15(25)6-9-17(14)30-18/h2-12,21,28H,1H3. The average Bonchev–Trinajstić information content (AvgIpc) is 3.47. The average molecular weight is 450 g/mol. The van der Waals surface area contributed by atoms with Crippen LogP contribution in [0.2, 0.25) is 5.02 Å². The first-order chi connectivity index (χ1) is 14.9. The molecule has 0 bridgehead atoms. The van der Waals surface area contributed by atoms with Crippen molar-refractivity contribution in [3.8, 4) is 0 Å². The highest BCUT2D eigenvalue weighted by Gasteiger charge is 2.45. The fraction of sp³-hybridized carbons (Fsp3) is 0.0833. The molecule has 1 unspecified atom stereocenters. The van der Waals surface area contributed by atoms with Gasteiger partial charge in [0.05, 0.1) is 5.57 Å². The Hall–Kier alpha value is -3.35. The van der Waals surface area contributed by atoms with Gasteiger partial charge in [0.25, 0.3) is 5.91 Å². The minimum absolute atomic E-state index is 0.00169. The molecule has 2 aromatic heterocycles. The number of nitrogens with zero attached hydrogens (tertiary/aromatic N) is 1. The zero-order valence-electron chi connectivity index (χ0n) is 16.3. The van der Waals surface area contributed by atoms with Crippen LogP contribution >= 0.6 is 22.9 Å². The number of aliphatic hydroxyl groups is 1. The first kappa shape index (κ1) is 19.6. The molecule has 1 aliphatic heterocycles. The third kappa shape index (κ3) is 3.24. The second-order valence-electron chi connectivity index (χ2n) is 7.31. The van der Waals surface area contributed by atoms with Crippen molar-refractivity contribution in [2.75, 3.05) is 4.90 Å². The fourth-order valence-corrected chi connectivity index (χ4v) is 4.79. The maximum atomic E-state index is 13.5. The van der Waals surface area contributed by atoms with Gasteiger partial charge < -0.3 is 9.52 Å². The van der Waals surface area contributed by atoms with Crippen LogP contribution in [-0.4, -0.2) is 16.8 Å². The smallest absolute Gasteiger partial charge is 0.294 e. The highest BCUT2D eigenvalue weighted by atomic mass is 35.5. The van der Waals surface area contributed by atoms with Gasteiger partial charge >= 0.3 is 0 Å². The molecule has 3 heterocycles. The maximum Gasteiger partial charge on any atom is 0.294 e. The zero-order chi connectivity index (χ0) is 21.7. The number of hydrogen-bond acceptors (Lipinski definition) is 5. The number of carbonyl (C=O) groups excluding carboxylic acids is 2. The van der Waals surface area contributed by atoms with E-state index in [2.05, 4.69) is 0 Å². The van der Waals surface area contributed by atoms with E-state index in [1.807, 2.05) is 36.6 Å². The van der Waals surface area contributed by atoms with E-state index < -0.39 is 23.5 Å². The second-order valence-corrected chi connectivity index (χ2v) is 8.73. The van der Waals surface area contributed by atoms with E-state index in [-0.39, 0.29) is 11.3 Å². The number of fused-ring (bicyclic) bond motifs is 1. The summed E-state index contributed by atoms with van der Waals surface area (Å²) in [6.45, 7) is 1.95. The van der Waals surface area contributed by atoms with E-state index in [0.717, 1.165) is 10.4 Å². The summed E-state index contributed by atoms with van der Waals surface area (Å²) in [6.07, 6.45) is 0. The van der Waals surface area contributed by atoms with Crippen LogP contribution in [0.5, 0.6) is 0 Å². The monoisotopic (exact) mass is 449 g/mol. The van der Waals surface area contributed by atoms with Crippen LogP contribution in [-0.2, 0) is 4.79 Å². The molecule has 5 rings (SSSR count). The van der Waals surface area contributed by atoms with Crippen LogP contribution in [0.15, 0.2) is 81.8 Å². The molecule has 5 nitrogen and oxygen atoms in total. The number of Topliss-reactive ketones (excluding diaryl/α,β-unsaturated/α-hetero) is 1. The van der Waals surface area contributed by atoms with Gasteiger partial charge in [-0.3, -0.25) is 14.5 Å². The van der Waals surface area contributed by atoms with Crippen LogP contribution in [0, 0.1) is 6.92 Å². The van der Waals surface area contributed by atoms with Crippen LogP contribution in [0.3, 0.4) is 0 Å². The van der Waals surface area contributed by atoms with Gasteiger partial charge in [0, 0.05) is 21.0 Å². The van der Waals surface area contributed by atoms with E-state index in [4.69, 9.17) is 16.0 Å². The van der Waals surface area contributed by atoms with Gasteiger partial charge in [-0.1, -0.05) is 35.4 Å². The van der Waals surface area contributed by atoms with Crippen molar-refractivity contribution >= 4 is 51.3 Å². The lowest BCUT2D eigenvalue weighted by atomic mass is 10.00. The summed E-state index contributed by atoms with van der Waals surface area (Å²) in [5, 5.41) is 13.8. The molecule has 1 N–H and O–H groups in total. The molecule has 4 aromatic rings. The number of carbonyl (C=O) groups is 2. The minimum atomic E-state index is -0.750. The quantitative estimate of drug-likeness (QED) is 0.374. The lowest BCUT2D eigenvalue weighted by molar-refractivity contribution is -0.117. The number of halogens is 1. The van der Waals surface area contributed by atoms with Crippen molar-refractivity contribution in [3.05, 3.63) is 98.6 Å². The Balaban J connectivity index is 1.63. The summed E-state index contributed by atoms with van der Waals surface area (Å²) in [4.78, 5) is 28.8. The summed E-state index contributed by atoms with van der Waals surface area (Å²) < 4.78 is 5.72. The van der Waals surface area contributed by atoms with Crippen molar-refractivity contribution in [1.29, 1.82) is 0 Å². The molecule has 1 amide bonds. The van der Waals surface area contributed by atoms with Gasteiger partial charge in [-0.05, 0) is 54.8 Å². The molecule has 1 atom stereocenters. The number of ketones is 1. The van der Waals surface area contributed by atoms with Crippen molar-refractivity contribution in [3.63, 3.8) is 0 Å². The number of anilines is 1. The van der Waals surface area contributed by atoms with E-state index in [1.165, 1.54) is 16.2 Å². The van der Waals surface area contributed by atoms with E-state index >= 15 is 0 Å². The fourth-order valence-electron chi connectivity index (χ4n) is 3.78. The SMILES string of the molecule is Cc1ccc(N2C(=O)C(O)=C(C(=O)c3cc4cc(Cl)ccc4o3)C2c2cccs2)cc1. The molecular formula is C24H16ClNO4S. The molecule has 0 saturated heterocycles. The molecule has 0 saturated carbocycles. The molecule has 1 aliphatic rings. The van der Waals surface area contributed by atoms with Crippen molar-refractivity contribution in [2.24, 2.45) is 0 Å². The van der Waals surface area contributed by atoms with Gasteiger partial charge in [0.15, 0.2) is 11.5 Å². The van der Waals surface area contributed by atoms with Crippen molar-refractivity contribution < 1.29 is 19.1 Å². The van der Waals surface area contributed by atoms with Crippen molar-refractivity contribution in [2.45, 2.75) is 13.0 Å². The summed E-state index contributed by atoms with van der Waals surface area (Å²) in [7, 11) is 0. The summed E-state index contributed by atoms with van der Waals surface area (Å²) >= 11 is 7.45. The molecule has 31 heavy (non-hydrogen) atoms. The topological polar surface area (TPSA) is 70.8 Å². The Bertz CT molecular complexity index is 1350. The summed E-state index contributed by atoms with van der Waals surface area (Å²) in [6, 6.07) is 16.9. The van der Waals surface area contributed by atoms with Gasteiger partial charge in [-0.25, -0.2) is 0 Å². The Kier molecular flexibility index (Phi) is 4.68. The Morgan fingerprint density at radius 2 is 1.90 bits per heavy atom. The predicted octanol–water partition coefficient (Wildman–Crippen LogP) is 6.24. The number of rotatable bonds is 4. The third-order valence-electron chi connectivity index (χ3n) is 5.28. The normalized spacial score (nSPS) is 16.5. The van der Waals surface area contributed by atoms with Gasteiger partial charge in [0.1, 0.15) is 11.6 Å². The molecule has 7 heteroatoms. The van der Waals surface area contributed by atoms with Crippen LogP contribution in [0.25, 0.3) is 11.0 Å². The molecule has 0 radical (unpaired) electrons. The lowest BCUT2D eigenvalue weighted by Gasteiger charge is -2.25. The first-order valence-corrected chi connectivity index (χ1v) is 10.8. The van der Waals surface area contributed by atoms with Crippen molar-refractivity contribution in [1.82, 2.24) is 0 Å². The number of thiophene rings is 1. The maximum absolute atomic E-state index is 13.5. The largest absolute Gasteiger partial charge is 0.503 e. The first-order valence-electron chi connectivity index (χ1n) is 9.54. The van der Waals surface area contributed by atoms with Crippen LogP contribution in [0.1, 0.15) is 27.0 Å². The van der Waals surface area contributed by atoms with Gasteiger partial charge in [-0.2, -0.15) is 0 Å². The highest BCUT2D eigenvalue weighted by Crippen LogP contribution is 2.43. The Morgan fingerprint density at radius 3 is 2.61 bits per heavy atom. The summed E-state index contributed by atoms with van der Waals surface area (Å²) in [5.41, 5.74) is 2.13. The Morgan fingerprint density at radius 1 is 1.13 bits per heavy atom. The minimum Gasteiger partial charge on any atom is -0.503 e. The molecule has 0 fully saturated rings. The number of amides is 1. The lowest BCUT2D eigenvalue weighted by Crippen LogP contribution is -2.30. The number of furan rings is 1. The summed E-state index contributed by atoms with van der Waals surface area (Å²) in [5.74, 6) is -1.68. The van der Waals surface area contributed by atoms with E-state index in [0.29, 0.717) is 21.7 Å². The number of aryl methyl sites for hydroxylation is 1. The molecular weight excluding hydrogens is 434 g/mol.